The van der Waals surface area contributed by atoms with Crippen molar-refractivity contribution in [3.63, 3.8) is 0 Å². The highest BCUT2D eigenvalue weighted by molar-refractivity contribution is 5.85. The van der Waals surface area contributed by atoms with E-state index >= 15 is 0 Å². The summed E-state index contributed by atoms with van der Waals surface area (Å²) < 4.78 is 5.01. The standard InChI is InChI=1S/C14H28N2O2.ClH/c1-11(13-5-4-7-15-10-13)9-14(17)16-12(2)6-8-18-3;/h11-13,15H,4-10H2,1-3H3,(H,16,17);1H. The lowest BCUT2D eigenvalue weighted by molar-refractivity contribution is -0.123. The molecule has 1 aliphatic heterocycles. The minimum absolute atomic E-state index is 0. The smallest absolute Gasteiger partial charge is 0.220 e. The van der Waals surface area contributed by atoms with E-state index in [-0.39, 0.29) is 24.4 Å². The van der Waals surface area contributed by atoms with Crippen LogP contribution in [0.25, 0.3) is 0 Å². The lowest BCUT2D eigenvalue weighted by Gasteiger charge is -2.28. The molecule has 3 unspecified atom stereocenters. The third kappa shape index (κ3) is 7.75. The Morgan fingerprint density at radius 1 is 1.47 bits per heavy atom. The second-order valence-corrected chi connectivity index (χ2v) is 5.54. The number of nitrogens with one attached hydrogen (secondary N) is 2. The maximum atomic E-state index is 11.9. The van der Waals surface area contributed by atoms with Crippen molar-refractivity contribution in [2.24, 2.45) is 11.8 Å². The van der Waals surface area contributed by atoms with Gasteiger partial charge in [0.2, 0.25) is 5.91 Å². The van der Waals surface area contributed by atoms with Gasteiger partial charge in [0.05, 0.1) is 0 Å². The molecule has 5 heteroatoms. The number of piperidine rings is 1. The summed E-state index contributed by atoms with van der Waals surface area (Å²) in [6, 6.07) is 0.203. The fourth-order valence-electron chi connectivity index (χ4n) is 2.52. The minimum atomic E-state index is 0. The van der Waals surface area contributed by atoms with Gasteiger partial charge >= 0.3 is 0 Å². The number of halogens is 1. The first kappa shape index (κ1) is 18.7. The zero-order chi connectivity index (χ0) is 13.4. The number of rotatable bonds is 7. The Morgan fingerprint density at radius 2 is 2.21 bits per heavy atom. The Labute approximate surface area is 123 Å². The van der Waals surface area contributed by atoms with Gasteiger partial charge in [-0.25, -0.2) is 0 Å². The molecule has 0 aromatic carbocycles. The summed E-state index contributed by atoms with van der Waals surface area (Å²) in [5.74, 6) is 1.29. The maximum Gasteiger partial charge on any atom is 0.220 e. The van der Waals surface area contributed by atoms with Crippen LogP contribution in [0.5, 0.6) is 0 Å². The zero-order valence-electron chi connectivity index (χ0n) is 12.4. The van der Waals surface area contributed by atoms with Crippen molar-refractivity contribution in [2.75, 3.05) is 26.8 Å². The highest BCUT2D eigenvalue weighted by Crippen LogP contribution is 2.22. The molecule has 1 amide bonds. The van der Waals surface area contributed by atoms with Crippen LogP contribution in [0.3, 0.4) is 0 Å². The van der Waals surface area contributed by atoms with Gasteiger partial charge in [-0.3, -0.25) is 4.79 Å². The van der Waals surface area contributed by atoms with Crippen LogP contribution in [-0.4, -0.2) is 38.8 Å². The summed E-state index contributed by atoms with van der Waals surface area (Å²) in [4.78, 5) is 11.9. The second kappa shape index (κ2) is 10.5. The van der Waals surface area contributed by atoms with Gasteiger partial charge in [0.25, 0.3) is 0 Å². The molecule has 0 aromatic rings. The zero-order valence-corrected chi connectivity index (χ0v) is 13.2. The highest BCUT2D eigenvalue weighted by atomic mass is 35.5. The molecule has 1 heterocycles. The van der Waals surface area contributed by atoms with Crippen molar-refractivity contribution < 1.29 is 9.53 Å². The lowest BCUT2D eigenvalue weighted by Crippen LogP contribution is -2.38. The van der Waals surface area contributed by atoms with Crippen LogP contribution >= 0.6 is 12.4 Å². The van der Waals surface area contributed by atoms with E-state index in [0.717, 1.165) is 19.5 Å². The summed E-state index contributed by atoms with van der Waals surface area (Å²) in [5.41, 5.74) is 0. The molecule has 114 valence electrons. The molecule has 19 heavy (non-hydrogen) atoms. The Hall–Kier alpha value is -0.320. The molecule has 3 atom stereocenters. The van der Waals surface area contributed by atoms with Crippen molar-refractivity contribution in [3.8, 4) is 0 Å². The molecule has 0 aliphatic carbocycles. The summed E-state index contributed by atoms with van der Waals surface area (Å²) in [6.45, 7) is 7.11. The Kier molecular flexibility index (Phi) is 10.3. The van der Waals surface area contributed by atoms with E-state index < -0.39 is 0 Å². The largest absolute Gasteiger partial charge is 0.385 e. The fourth-order valence-corrected chi connectivity index (χ4v) is 2.52. The van der Waals surface area contributed by atoms with E-state index in [1.165, 1.54) is 12.8 Å². The first-order valence-corrected chi connectivity index (χ1v) is 7.12. The molecule has 0 radical (unpaired) electrons. The van der Waals surface area contributed by atoms with E-state index in [0.29, 0.717) is 24.9 Å². The molecule has 0 spiro atoms. The van der Waals surface area contributed by atoms with Crippen molar-refractivity contribution in [3.05, 3.63) is 0 Å². The highest BCUT2D eigenvalue weighted by Gasteiger charge is 2.22. The third-order valence-corrected chi connectivity index (χ3v) is 3.81. The first-order chi connectivity index (χ1) is 8.63. The summed E-state index contributed by atoms with van der Waals surface area (Å²) in [6.07, 6.45) is 4.01. The van der Waals surface area contributed by atoms with Gasteiger partial charge in [-0.15, -0.1) is 12.4 Å². The third-order valence-electron chi connectivity index (χ3n) is 3.81. The average Bonchev–Trinajstić information content (AvgIpc) is 2.37. The summed E-state index contributed by atoms with van der Waals surface area (Å²) in [7, 11) is 1.69. The number of ether oxygens (including phenoxy) is 1. The summed E-state index contributed by atoms with van der Waals surface area (Å²) >= 11 is 0. The van der Waals surface area contributed by atoms with Crippen LogP contribution in [0, 0.1) is 11.8 Å². The number of hydrogen-bond donors (Lipinski definition) is 2. The molecule has 0 aromatic heterocycles. The maximum absolute atomic E-state index is 11.9. The number of hydrogen-bond acceptors (Lipinski definition) is 3. The molecular formula is C14H29ClN2O2. The second-order valence-electron chi connectivity index (χ2n) is 5.54. The molecule has 1 saturated heterocycles. The molecule has 0 bridgehead atoms. The van der Waals surface area contributed by atoms with Gasteiger partial charge in [-0.05, 0) is 51.1 Å². The fraction of sp³-hybridized carbons (Fsp3) is 0.929. The van der Waals surface area contributed by atoms with E-state index in [1.807, 2.05) is 6.92 Å². The molecule has 2 N–H and O–H groups in total. The van der Waals surface area contributed by atoms with Crippen LogP contribution in [0.15, 0.2) is 0 Å². The van der Waals surface area contributed by atoms with Gasteiger partial charge in [0.15, 0.2) is 0 Å². The van der Waals surface area contributed by atoms with Crippen LogP contribution in [0.2, 0.25) is 0 Å². The van der Waals surface area contributed by atoms with Crippen LogP contribution in [0.1, 0.15) is 39.5 Å². The summed E-state index contributed by atoms with van der Waals surface area (Å²) in [5, 5.41) is 6.45. The Balaban J connectivity index is 0.00000324. The Bertz CT molecular complexity index is 246. The quantitative estimate of drug-likeness (QED) is 0.754. The molecule has 1 fully saturated rings. The minimum Gasteiger partial charge on any atom is -0.385 e. The molecule has 4 nitrogen and oxygen atoms in total. The Morgan fingerprint density at radius 3 is 2.79 bits per heavy atom. The predicted octanol–water partition coefficient (Wildman–Crippen LogP) is 1.98. The van der Waals surface area contributed by atoms with Crippen molar-refractivity contribution in [2.45, 2.75) is 45.6 Å². The van der Waals surface area contributed by atoms with E-state index in [4.69, 9.17) is 4.74 Å². The SMILES string of the molecule is COCCC(C)NC(=O)CC(C)C1CCCNC1.Cl. The first-order valence-electron chi connectivity index (χ1n) is 7.12. The van der Waals surface area contributed by atoms with Gasteiger partial charge in [-0.2, -0.15) is 0 Å². The van der Waals surface area contributed by atoms with Gasteiger partial charge in [-0.1, -0.05) is 6.92 Å². The number of carbonyl (C=O) groups is 1. The van der Waals surface area contributed by atoms with Crippen molar-refractivity contribution in [1.29, 1.82) is 0 Å². The molecule has 0 saturated carbocycles. The molecule has 1 aliphatic rings. The van der Waals surface area contributed by atoms with Crippen molar-refractivity contribution >= 4 is 18.3 Å². The lowest BCUT2D eigenvalue weighted by atomic mass is 9.85. The van der Waals surface area contributed by atoms with Crippen LogP contribution in [-0.2, 0) is 9.53 Å². The van der Waals surface area contributed by atoms with Gasteiger partial charge in [0, 0.05) is 26.2 Å². The number of amides is 1. The predicted molar refractivity (Wildman–Crippen MR) is 80.7 cm³/mol. The van der Waals surface area contributed by atoms with Gasteiger partial charge < -0.3 is 15.4 Å². The van der Waals surface area contributed by atoms with E-state index in [2.05, 4.69) is 17.6 Å². The monoisotopic (exact) mass is 292 g/mol. The van der Waals surface area contributed by atoms with Crippen LogP contribution in [0.4, 0.5) is 0 Å². The van der Waals surface area contributed by atoms with Gasteiger partial charge in [0.1, 0.15) is 0 Å². The number of carbonyl (C=O) groups excluding carboxylic acids is 1. The normalized spacial score (nSPS) is 22.2. The number of methoxy groups -OCH3 is 1. The topological polar surface area (TPSA) is 50.4 Å². The van der Waals surface area contributed by atoms with Crippen LogP contribution < -0.4 is 10.6 Å². The van der Waals surface area contributed by atoms with Crippen molar-refractivity contribution in [1.82, 2.24) is 10.6 Å². The van der Waals surface area contributed by atoms with E-state index in [1.54, 1.807) is 7.11 Å². The average molecular weight is 293 g/mol. The molecule has 1 rings (SSSR count). The van der Waals surface area contributed by atoms with E-state index in [9.17, 15) is 4.79 Å². The molecular weight excluding hydrogens is 264 g/mol.